The summed E-state index contributed by atoms with van der Waals surface area (Å²) in [6.45, 7) is 2.64. The number of nitrogens with zero attached hydrogens (tertiary/aromatic N) is 1. The van der Waals surface area contributed by atoms with Crippen LogP contribution in [-0.4, -0.2) is 32.4 Å². The van der Waals surface area contributed by atoms with Crippen molar-refractivity contribution in [2.45, 2.75) is 13.5 Å². The van der Waals surface area contributed by atoms with Gasteiger partial charge >= 0.3 is 10.2 Å². The van der Waals surface area contributed by atoms with Gasteiger partial charge in [-0.2, -0.15) is 8.42 Å². The second-order valence-corrected chi connectivity index (χ2v) is 10.1. The second-order valence-electron chi connectivity index (χ2n) is 7.22. The van der Waals surface area contributed by atoms with Crippen LogP contribution in [0.1, 0.15) is 11.1 Å². The predicted molar refractivity (Wildman–Crippen MR) is 123 cm³/mol. The topological polar surface area (TPSA) is 77.2 Å². The zero-order valence-electron chi connectivity index (χ0n) is 16.2. The monoisotopic (exact) mass is 448 g/mol. The quantitative estimate of drug-likeness (QED) is 0.380. The molecule has 9 heteroatoms. The van der Waals surface area contributed by atoms with Gasteiger partial charge in [0.25, 0.3) is 0 Å². The SMILES string of the molecule is Cc1c(NS(=O)(=O)Nc2ccc3[nH]cc(CN(C)C)c3c2)sc2ccc(Cl)cc12. The summed E-state index contributed by atoms with van der Waals surface area (Å²) in [4.78, 5) is 5.29. The Hall–Kier alpha value is -2.26. The van der Waals surface area contributed by atoms with E-state index in [2.05, 4.69) is 19.3 Å². The molecule has 0 saturated carbocycles. The molecule has 0 spiro atoms. The number of aromatic nitrogens is 1. The third-order valence-electron chi connectivity index (χ3n) is 4.63. The number of aryl methyl sites for hydroxylation is 1. The lowest BCUT2D eigenvalue weighted by Gasteiger charge is -2.11. The molecule has 29 heavy (non-hydrogen) atoms. The van der Waals surface area contributed by atoms with Crippen molar-refractivity contribution in [3.63, 3.8) is 0 Å². The van der Waals surface area contributed by atoms with Crippen LogP contribution in [0.15, 0.2) is 42.6 Å². The first kappa shape index (κ1) is 20.0. The Morgan fingerprint density at radius 1 is 1.10 bits per heavy atom. The number of anilines is 2. The zero-order valence-corrected chi connectivity index (χ0v) is 18.6. The highest BCUT2D eigenvalue weighted by molar-refractivity contribution is 7.94. The third-order valence-corrected chi connectivity index (χ3v) is 7.16. The minimum Gasteiger partial charge on any atom is -0.361 e. The van der Waals surface area contributed by atoms with Crippen molar-refractivity contribution in [1.29, 1.82) is 0 Å². The molecule has 0 aliphatic carbocycles. The number of hydrogen-bond donors (Lipinski definition) is 3. The van der Waals surface area contributed by atoms with Gasteiger partial charge in [0.1, 0.15) is 5.00 Å². The Labute approximate surface area is 178 Å². The summed E-state index contributed by atoms with van der Waals surface area (Å²) >= 11 is 7.45. The first-order valence-electron chi connectivity index (χ1n) is 8.96. The van der Waals surface area contributed by atoms with Crippen LogP contribution in [0.5, 0.6) is 0 Å². The number of rotatable bonds is 6. The van der Waals surface area contributed by atoms with E-state index in [-0.39, 0.29) is 0 Å². The number of fused-ring (bicyclic) bond motifs is 2. The summed E-state index contributed by atoms with van der Waals surface area (Å²) in [5.41, 5.74) is 3.44. The average Bonchev–Trinajstić information content (AvgIpc) is 3.15. The third kappa shape index (κ3) is 4.20. The Morgan fingerprint density at radius 3 is 2.66 bits per heavy atom. The maximum atomic E-state index is 12.7. The largest absolute Gasteiger partial charge is 0.361 e. The van der Waals surface area contributed by atoms with Gasteiger partial charge in [-0.15, -0.1) is 11.3 Å². The minimum atomic E-state index is -3.80. The van der Waals surface area contributed by atoms with Crippen molar-refractivity contribution in [2.24, 2.45) is 0 Å². The van der Waals surface area contributed by atoms with Crippen molar-refractivity contribution in [1.82, 2.24) is 9.88 Å². The molecule has 0 amide bonds. The van der Waals surface area contributed by atoms with Gasteiger partial charge < -0.3 is 9.88 Å². The molecule has 4 rings (SSSR count). The van der Waals surface area contributed by atoms with E-state index in [1.165, 1.54) is 11.3 Å². The summed E-state index contributed by atoms with van der Waals surface area (Å²) in [5.74, 6) is 0. The van der Waals surface area contributed by atoms with Gasteiger partial charge in [-0.1, -0.05) is 11.6 Å². The molecule has 0 fully saturated rings. The maximum Gasteiger partial charge on any atom is 0.322 e. The molecule has 0 bridgehead atoms. The van der Waals surface area contributed by atoms with Gasteiger partial charge in [0.2, 0.25) is 0 Å². The van der Waals surface area contributed by atoms with E-state index in [0.29, 0.717) is 15.7 Å². The lowest BCUT2D eigenvalue weighted by Crippen LogP contribution is -2.21. The Balaban J connectivity index is 1.61. The highest BCUT2D eigenvalue weighted by atomic mass is 35.5. The molecule has 0 aliphatic rings. The Morgan fingerprint density at radius 2 is 1.90 bits per heavy atom. The molecular weight excluding hydrogens is 428 g/mol. The molecule has 0 aliphatic heterocycles. The fourth-order valence-electron chi connectivity index (χ4n) is 3.31. The molecule has 6 nitrogen and oxygen atoms in total. The fourth-order valence-corrected chi connectivity index (χ4v) is 5.80. The summed E-state index contributed by atoms with van der Waals surface area (Å²) < 4.78 is 31.7. The van der Waals surface area contributed by atoms with Gasteiger partial charge in [-0.05, 0) is 73.9 Å². The van der Waals surface area contributed by atoms with Crippen molar-refractivity contribution >= 4 is 64.8 Å². The predicted octanol–water partition coefficient (Wildman–Crippen LogP) is 5.17. The van der Waals surface area contributed by atoms with E-state index in [9.17, 15) is 8.42 Å². The van der Waals surface area contributed by atoms with Crippen LogP contribution in [0.4, 0.5) is 10.7 Å². The minimum absolute atomic E-state index is 0.506. The van der Waals surface area contributed by atoms with E-state index < -0.39 is 10.2 Å². The Kier molecular flexibility index (Phi) is 5.20. The number of thiophene rings is 1. The number of nitrogens with one attached hydrogen (secondary N) is 3. The van der Waals surface area contributed by atoms with Crippen LogP contribution in [0.2, 0.25) is 5.02 Å². The zero-order chi connectivity index (χ0) is 20.8. The smallest absolute Gasteiger partial charge is 0.322 e. The molecule has 4 aromatic rings. The molecule has 0 unspecified atom stereocenters. The van der Waals surface area contributed by atoms with E-state index >= 15 is 0 Å². The molecular formula is C20H21ClN4O2S2. The first-order valence-corrected chi connectivity index (χ1v) is 11.6. The van der Waals surface area contributed by atoms with E-state index in [1.54, 1.807) is 12.1 Å². The van der Waals surface area contributed by atoms with Gasteiger partial charge in [-0.3, -0.25) is 9.44 Å². The molecule has 0 atom stereocenters. The molecule has 2 aromatic heterocycles. The molecule has 2 heterocycles. The van der Waals surface area contributed by atoms with Crippen LogP contribution in [0.25, 0.3) is 21.0 Å². The Bertz CT molecular complexity index is 1310. The molecule has 3 N–H and O–H groups in total. The standard InChI is InChI=1S/C20H21ClN4O2S2/c1-12-16-8-14(21)4-7-19(16)28-20(12)24-29(26,27)23-15-5-6-18-17(9-15)13(10-22-18)11-25(2)3/h4-10,22-24H,11H2,1-3H3. The summed E-state index contributed by atoms with van der Waals surface area (Å²) in [6, 6.07) is 11.0. The fraction of sp³-hybridized carbons (Fsp3) is 0.200. The lowest BCUT2D eigenvalue weighted by atomic mass is 10.1. The van der Waals surface area contributed by atoms with Crippen LogP contribution in [-0.2, 0) is 16.8 Å². The summed E-state index contributed by atoms with van der Waals surface area (Å²) in [6.07, 6.45) is 1.95. The molecule has 2 aromatic carbocycles. The lowest BCUT2D eigenvalue weighted by molar-refractivity contribution is 0.404. The van der Waals surface area contributed by atoms with Crippen LogP contribution in [0, 0.1) is 6.92 Å². The number of hydrogen-bond acceptors (Lipinski definition) is 4. The van der Waals surface area contributed by atoms with Crippen LogP contribution >= 0.6 is 22.9 Å². The second kappa shape index (κ2) is 7.53. The summed E-state index contributed by atoms with van der Waals surface area (Å²) in [7, 11) is 0.193. The van der Waals surface area contributed by atoms with Gasteiger partial charge in [0.05, 0.1) is 5.69 Å². The average molecular weight is 449 g/mol. The van der Waals surface area contributed by atoms with Crippen molar-refractivity contribution < 1.29 is 8.42 Å². The van der Waals surface area contributed by atoms with Gasteiger partial charge in [0, 0.05) is 33.4 Å². The maximum absolute atomic E-state index is 12.7. The number of benzene rings is 2. The molecule has 152 valence electrons. The highest BCUT2D eigenvalue weighted by Gasteiger charge is 2.16. The van der Waals surface area contributed by atoms with Crippen molar-refractivity contribution in [3.8, 4) is 0 Å². The van der Waals surface area contributed by atoms with Crippen molar-refractivity contribution in [3.05, 3.63) is 58.7 Å². The van der Waals surface area contributed by atoms with Crippen LogP contribution in [0.3, 0.4) is 0 Å². The molecule has 0 radical (unpaired) electrons. The van der Waals surface area contributed by atoms with E-state index in [0.717, 1.165) is 38.7 Å². The first-order chi connectivity index (χ1) is 13.7. The van der Waals surface area contributed by atoms with Gasteiger partial charge in [-0.25, -0.2) is 0 Å². The number of halogens is 1. The highest BCUT2D eigenvalue weighted by Crippen LogP contribution is 2.37. The van der Waals surface area contributed by atoms with E-state index in [4.69, 9.17) is 11.6 Å². The molecule has 0 saturated heterocycles. The van der Waals surface area contributed by atoms with Gasteiger partial charge in [0.15, 0.2) is 0 Å². The van der Waals surface area contributed by atoms with Crippen molar-refractivity contribution in [2.75, 3.05) is 23.5 Å². The van der Waals surface area contributed by atoms with Crippen LogP contribution < -0.4 is 9.44 Å². The number of aromatic amines is 1. The summed E-state index contributed by atoms with van der Waals surface area (Å²) in [5, 5.41) is 3.14. The van der Waals surface area contributed by atoms with E-state index in [1.807, 2.05) is 51.5 Å². The number of H-pyrrole nitrogens is 1. The normalized spacial score (nSPS) is 12.2.